The molecule has 5 heteroatoms. The second-order valence-corrected chi connectivity index (χ2v) is 5.19. The van der Waals surface area contributed by atoms with Gasteiger partial charge >= 0.3 is 0 Å². The van der Waals surface area contributed by atoms with Crippen molar-refractivity contribution in [1.82, 2.24) is 10.2 Å². The number of benzene rings is 2. The standard InChI is InChI=1S/C18H14N2O3/c1-11-7-9-13(10-8-11)17(22)15-18(23)14(19-20-15)16(21)12-5-3-2-4-6-12/h2-10,23H,1H3,(H,19,20). The molecule has 1 heterocycles. The molecule has 2 aromatic carbocycles. The minimum Gasteiger partial charge on any atom is -0.504 e. The van der Waals surface area contributed by atoms with Gasteiger partial charge in [0.1, 0.15) is 5.69 Å². The summed E-state index contributed by atoms with van der Waals surface area (Å²) in [6.07, 6.45) is 0. The van der Waals surface area contributed by atoms with Crippen LogP contribution in [-0.2, 0) is 0 Å². The molecule has 3 aromatic rings. The maximum absolute atomic E-state index is 12.4. The van der Waals surface area contributed by atoms with Crippen molar-refractivity contribution in [1.29, 1.82) is 0 Å². The number of aromatic amines is 1. The van der Waals surface area contributed by atoms with Crippen LogP contribution in [0.3, 0.4) is 0 Å². The lowest BCUT2D eigenvalue weighted by molar-refractivity contribution is 0.102. The second kappa shape index (κ2) is 5.88. The number of H-pyrrole nitrogens is 1. The van der Waals surface area contributed by atoms with E-state index in [0.717, 1.165) is 5.56 Å². The number of aryl methyl sites for hydroxylation is 1. The monoisotopic (exact) mass is 306 g/mol. The average Bonchev–Trinajstić information content (AvgIpc) is 2.96. The summed E-state index contributed by atoms with van der Waals surface area (Å²) in [7, 11) is 0. The molecule has 0 aliphatic heterocycles. The van der Waals surface area contributed by atoms with Gasteiger partial charge in [0.25, 0.3) is 0 Å². The molecule has 0 radical (unpaired) electrons. The molecule has 2 N–H and O–H groups in total. The molecular formula is C18H14N2O3. The van der Waals surface area contributed by atoms with Crippen LogP contribution in [0.5, 0.6) is 5.75 Å². The number of nitrogens with one attached hydrogen (secondary N) is 1. The van der Waals surface area contributed by atoms with Crippen molar-refractivity contribution in [3.63, 3.8) is 0 Å². The molecule has 0 atom stereocenters. The lowest BCUT2D eigenvalue weighted by Crippen LogP contribution is -2.03. The fourth-order valence-corrected chi connectivity index (χ4v) is 2.23. The molecule has 3 rings (SSSR count). The van der Waals surface area contributed by atoms with Gasteiger partial charge in [-0.05, 0) is 6.92 Å². The SMILES string of the molecule is Cc1ccc(C(=O)c2n[nH]c(C(=O)c3ccccc3)c2O)cc1. The van der Waals surface area contributed by atoms with Gasteiger partial charge in [0.2, 0.25) is 11.6 Å². The van der Waals surface area contributed by atoms with E-state index < -0.39 is 17.3 Å². The van der Waals surface area contributed by atoms with E-state index in [4.69, 9.17) is 0 Å². The van der Waals surface area contributed by atoms with Gasteiger partial charge in [-0.25, -0.2) is 0 Å². The Morgan fingerprint density at radius 2 is 1.52 bits per heavy atom. The van der Waals surface area contributed by atoms with Crippen molar-refractivity contribution >= 4 is 11.6 Å². The molecule has 0 amide bonds. The van der Waals surface area contributed by atoms with Crippen LogP contribution in [0.25, 0.3) is 0 Å². The lowest BCUT2D eigenvalue weighted by Gasteiger charge is -2.00. The van der Waals surface area contributed by atoms with E-state index in [9.17, 15) is 14.7 Å². The Hall–Kier alpha value is -3.21. The zero-order valence-electron chi connectivity index (χ0n) is 12.4. The number of nitrogens with zero attached hydrogens (tertiary/aromatic N) is 1. The summed E-state index contributed by atoms with van der Waals surface area (Å²) >= 11 is 0. The van der Waals surface area contributed by atoms with Gasteiger partial charge in [0.05, 0.1) is 0 Å². The predicted octanol–water partition coefficient (Wildman–Crippen LogP) is 2.89. The summed E-state index contributed by atoms with van der Waals surface area (Å²) in [5, 5.41) is 16.5. The fraction of sp³-hybridized carbons (Fsp3) is 0.0556. The molecule has 0 spiro atoms. The van der Waals surface area contributed by atoms with E-state index in [0.29, 0.717) is 11.1 Å². The maximum Gasteiger partial charge on any atom is 0.217 e. The Labute approximate surface area is 132 Å². The van der Waals surface area contributed by atoms with Gasteiger partial charge in [-0.2, -0.15) is 5.10 Å². The molecular weight excluding hydrogens is 292 g/mol. The highest BCUT2D eigenvalue weighted by Gasteiger charge is 2.24. The molecule has 5 nitrogen and oxygen atoms in total. The third-order valence-electron chi connectivity index (χ3n) is 3.53. The van der Waals surface area contributed by atoms with E-state index in [1.54, 1.807) is 54.6 Å². The van der Waals surface area contributed by atoms with Crippen LogP contribution >= 0.6 is 0 Å². The minimum atomic E-state index is -0.439. The van der Waals surface area contributed by atoms with Crippen molar-refractivity contribution in [3.05, 3.63) is 82.7 Å². The number of carbonyl (C=O) groups is 2. The molecule has 0 saturated heterocycles. The molecule has 23 heavy (non-hydrogen) atoms. The highest BCUT2D eigenvalue weighted by molar-refractivity contribution is 6.14. The van der Waals surface area contributed by atoms with Crippen LogP contribution < -0.4 is 0 Å². The van der Waals surface area contributed by atoms with E-state index in [1.165, 1.54) is 0 Å². The molecule has 0 unspecified atom stereocenters. The molecule has 0 saturated carbocycles. The summed E-state index contributed by atoms with van der Waals surface area (Å²) in [5.41, 5.74) is 1.57. The van der Waals surface area contributed by atoms with Crippen molar-refractivity contribution in [2.45, 2.75) is 6.92 Å². The highest BCUT2D eigenvalue weighted by atomic mass is 16.3. The fourth-order valence-electron chi connectivity index (χ4n) is 2.23. The number of hydrogen-bond donors (Lipinski definition) is 2. The lowest BCUT2D eigenvalue weighted by atomic mass is 10.0. The van der Waals surface area contributed by atoms with Gasteiger partial charge in [0.15, 0.2) is 11.4 Å². The number of aromatic nitrogens is 2. The molecule has 0 aliphatic rings. The number of carbonyl (C=O) groups excluding carboxylic acids is 2. The van der Waals surface area contributed by atoms with Crippen LogP contribution in [0.4, 0.5) is 0 Å². The van der Waals surface area contributed by atoms with Gasteiger partial charge in [0, 0.05) is 11.1 Å². The first-order chi connectivity index (χ1) is 11.1. The smallest absolute Gasteiger partial charge is 0.217 e. The number of aromatic hydroxyl groups is 1. The Kier molecular flexibility index (Phi) is 3.76. The summed E-state index contributed by atoms with van der Waals surface area (Å²) in [6.45, 7) is 1.91. The van der Waals surface area contributed by atoms with E-state index in [2.05, 4.69) is 10.2 Å². The minimum absolute atomic E-state index is 0.0911. The Balaban J connectivity index is 1.95. The summed E-state index contributed by atoms with van der Waals surface area (Å²) in [5.74, 6) is -1.28. The summed E-state index contributed by atoms with van der Waals surface area (Å²) < 4.78 is 0. The summed E-state index contributed by atoms with van der Waals surface area (Å²) in [4.78, 5) is 24.7. The van der Waals surface area contributed by atoms with Crippen LogP contribution in [0, 0.1) is 6.92 Å². The van der Waals surface area contributed by atoms with E-state index >= 15 is 0 Å². The maximum atomic E-state index is 12.4. The van der Waals surface area contributed by atoms with Gasteiger partial charge in [-0.3, -0.25) is 14.7 Å². The van der Waals surface area contributed by atoms with Crippen LogP contribution in [-0.4, -0.2) is 26.9 Å². The van der Waals surface area contributed by atoms with Crippen molar-refractivity contribution in [2.24, 2.45) is 0 Å². The first-order valence-corrected chi connectivity index (χ1v) is 7.06. The first kappa shape index (κ1) is 14.7. The zero-order chi connectivity index (χ0) is 16.4. The first-order valence-electron chi connectivity index (χ1n) is 7.06. The zero-order valence-corrected chi connectivity index (χ0v) is 12.4. The van der Waals surface area contributed by atoms with Gasteiger partial charge in [-0.1, -0.05) is 60.2 Å². The van der Waals surface area contributed by atoms with Crippen molar-refractivity contribution < 1.29 is 14.7 Å². The largest absolute Gasteiger partial charge is 0.504 e. The number of rotatable bonds is 4. The van der Waals surface area contributed by atoms with Crippen LogP contribution in [0.1, 0.15) is 37.7 Å². The third kappa shape index (κ3) is 2.76. The number of hydrogen-bond acceptors (Lipinski definition) is 4. The van der Waals surface area contributed by atoms with Crippen LogP contribution in [0.15, 0.2) is 54.6 Å². The molecule has 0 aliphatic carbocycles. The predicted molar refractivity (Wildman–Crippen MR) is 84.7 cm³/mol. The average molecular weight is 306 g/mol. The molecule has 0 fully saturated rings. The van der Waals surface area contributed by atoms with Crippen molar-refractivity contribution in [2.75, 3.05) is 0 Å². The van der Waals surface area contributed by atoms with Gasteiger partial charge in [-0.15, -0.1) is 0 Å². The number of ketones is 2. The second-order valence-electron chi connectivity index (χ2n) is 5.19. The van der Waals surface area contributed by atoms with Gasteiger partial charge < -0.3 is 5.11 Å². The molecule has 0 bridgehead atoms. The quantitative estimate of drug-likeness (QED) is 0.726. The topological polar surface area (TPSA) is 83.0 Å². The van der Waals surface area contributed by atoms with Crippen molar-refractivity contribution in [3.8, 4) is 5.75 Å². The molecule has 114 valence electrons. The van der Waals surface area contributed by atoms with E-state index in [-0.39, 0.29) is 11.4 Å². The van der Waals surface area contributed by atoms with Crippen LogP contribution in [0.2, 0.25) is 0 Å². The third-order valence-corrected chi connectivity index (χ3v) is 3.53. The Morgan fingerprint density at radius 3 is 2.17 bits per heavy atom. The normalized spacial score (nSPS) is 10.5. The summed E-state index contributed by atoms with van der Waals surface area (Å²) in [6, 6.07) is 15.4. The Morgan fingerprint density at radius 1 is 0.913 bits per heavy atom. The van der Waals surface area contributed by atoms with E-state index in [1.807, 2.05) is 6.92 Å². The molecule has 1 aromatic heterocycles. The highest BCUT2D eigenvalue weighted by Crippen LogP contribution is 2.24. The Bertz CT molecular complexity index is 865.